The Morgan fingerprint density at radius 3 is 2.46 bits per heavy atom. The zero-order valence-corrected chi connectivity index (χ0v) is 15.5. The number of nitrogens with zero attached hydrogens (tertiary/aromatic N) is 3. The summed E-state index contributed by atoms with van der Waals surface area (Å²) < 4.78 is 27.2. The minimum Gasteiger partial charge on any atom is -0.237 e. The lowest BCUT2D eigenvalue weighted by Gasteiger charge is -2.31. The largest absolute Gasteiger partial charge is 0.243 e. The summed E-state index contributed by atoms with van der Waals surface area (Å²) in [6.07, 6.45) is 3.29. The van der Waals surface area contributed by atoms with Gasteiger partial charge in [0.1, 0.15) is 0 Å². The molecule has 134 valence electrons. The van der Waals surface area contributed by atoms with Crippen LogP contribution in [0, 0.1) is 6.92 Å². The summed E-state index contributed by atoms with van der Waals surface area (Å²) in [5.74, 6) is 0.269. The molecule has 4 rings (SSSR count). The molecule has 0 amide bonds. The maximum Gasteiger partial charge on any atom is 0.243 e. The molecule has 26 heavy (non-hydrogen) atoms. The number of sulfonamides is 1. The Morgan fingerprint density at radius 2 is 1.73 bits per heavy atom. The molecule has 0 radical (unpaired) electrons. The molecule has 1 saturated heterocycles. The van der Waals surface area contributed by atoms with E-state index in [1.807, 2.05) is 43.3 Å². The summed E-state index contributed by atoms with van der Waals surface area (Å²) in [5, 5.41) is 1.02. The number of hydrogen-bond donors (Lipinski definition) is 0. The van der Waals surface area contributed by atoms with Gasteiger partial charge in [0.15, 0.2) is 5.65 Å². The molecule has 1 fully saturated rings. The van der Waals surface area contributed by atoms with E-state index in [0.717, 1.165) is 35.1 Å². The Hall–Kier alpha value is -2.31. The topological polar surface area (TPSA) is 63.2 Å². The molecule has 3 aromatic rings. The zero-order valence-electron chi connectivity index (χ0n) is 14.7. The predicted molar refractivity (Wildman–Crippen MR) is 101 cm³/mol. The first-order valence-corrected chi connectivity index (χ1v) is 10.3. The van der Waals surface area contributed by atoms with E-state index < -0.39 is 10.0 Å². The molecule has 0 atom stereocenters. The molecule has 0 spiro atoms. The van der Waals surface area contributed by atoms with E-state index in [9.17, 15) is 8.42 Å². The van der Waals surface area contributed by atoms with Crippen LogP contribution in [-0.4, -0.2) is 35.8 Å². The van der Waals surface area contributed by atoms with Crippen molar-refractivity contribution in [2.45, 2.75) is 30.6 Å². The van der Waals surface area contributed by atoms with E-state index in [2.05, 4.69) is 9.97 Å². The van der Waals surface area contributed by atoms with Crippen molar-refractivity contribution in [1.29, 1.82) is 0 Å². The van der Waals surface area contributed by atoms with Gasteiger partial charge in [-0.3, -0.25) is 0 Å². The Labute approximate surface area is 153 Å². The van der Waals surface area contributed by atoms with Gasteiger partial charge in [-0.15, -0.1) is 0 Å². The normalized spacial score (nSPS) is 16.8. The molecule has 0 aliphatic carbocycles. The second kappa shape index (κ2) is 6.78. The van der Waals surface area contributed by atoms with Crippen molar-refractivity contribution in [3.63, 3.8) is 0 Å². The molecule has 5 nitrogen and oxygen atoms in total. The van der Waals surface area contributed by atoms with Crippen molar-refractivity contribution in [1.82, 2.24) is 14.3 Å². The molecule has 1 aromatic carbocycles. The average molecular weight is 367 g/mol. The van der Waals surface area contributed by atoms with Crippen LogP contribution in [0.3, 0.4) is 0 Å². The summed E-state index contributed by atoms with van der Waals surface area (Å²) in [7, 11) is -3.42. The molecule has 0 unspecified atom stereocenters. The van der Waals surface area contributed by atoms with Crippen molar-refractivity contribution in [2.75, 3.05) is 13.1 Å². The summed E-state index contributed by atoms with van der Waals surface area (Å²) in [4.78, 5) is 9.37. The fourth-order valence-electron chi connectivity index (χ4n) is 3.45. The number of pyridine rings is 2. The number of piperidine rings is 1. The summed E-state index contributed by atoms with van der Waals surface area (Å²) in [6.45, 7) is 2.99. The van der Waals surface area contributed by atoms with Gasteiger partial charge in [0.05, 0.1) is 4.90 Å². The van der Waals surface area contributed by atoms with Gasteiger partial charge in [-0.1, -0.05) is 17.7 Å². The number of hydrogen-bond acceptors (Lipinski definition) is 4. The maximum absolute atomic E-state index is 12.8. The second-order valence-corrected chi connectivity index (χ2v) is 8.72. The highest BCUT2D eigenvalue weighted by Crippen LogP contribution is 2.30. The van der Waals surface area contributed by atoms with Crippen LogP contribution < -0.4 is 0 Å². The molecular formula is C20H21N3O2S. The number of benzene rings is 1. The minimum absolute atomic E-state index is 0.269. The van der Waals surface area contributed by atoms with Crippen LogP contribution >= 0.6 is 0 Å². The van der Waals surface area contributed by atoms with Crippen LogP contribution in [0.25, 0.3) is 11.0 Å². The van der Waals surface area contributed by atoms with E-state index in [4.69, 9.17) is 0 Å². The van der Waals surface area contributed by atoms with Gasteiger partial charge in [0.2, 0.25) is 10.0 Å². The fraction of sp³-hybridized carbons (Fsp3) is 0.300. The monoisotopic (exact) mass is 367 g/mol. The summed E-state index contributed by atoms with van der Waals surface area (Å²) in [6, 6.07) is 15.0. The standard InChI is InChI=1S/C20H21N3O2S/c1-15-4-7-18(8-5-15)26(24,25)23-13-10-16(11-14-23)19-9-6-17-3-2-12-21-20(17)22-19/h2-9,12,16H,10-11,13-14H2,1H3. The molecule has 1 aliphatic heterocycles. The van der Waals surface area contributed by atoms with Crippen molar-refractivity contribution in [3.05, 3.63) is 66.0 Å². The first-order chi connectivity index (χ1) is 12.5. The van der Waals surface area contributed by atoms with Gasteiger partial charge in [-0.05, 0) is 56.2 Å². The van der Waals surface area contributed by atoms with Gasteiger partial charge in [0.25, 0.3) is 0 Å². The van der Waals surface area contributed by atoms with Gasteiger partial charge < -0.3 is 0 Å². The van der Waals surface area contributed by atoms with Crippen LogP contribution in [0.1, 0.15) is 30.0 Å². The molecule has 0 N–H and O–H groups in total. The number of fused-ring (bicyclic) bond motifs is 1. The van der Waals surface area contributed by atoms with E-state index in [-0.39, 0.29) is 5.92 Å². The first-order valence-electron chi connectivity index (χ1n) is 8.82. The van der Waals surface area contributed by atoms with E-state index in [1.165, 1.54) is 0 Å². The number of aryl methyl sites for hydroxylation is 1. The third kappa shape index (κ3) is 3.22. The lowest BCUT2D eigenvalue weighted by Crippen LogP contribution is -2.38. The van der Waals surface area contributed by atoms with E-state index in [1.54, 1.807) is 22.6 Å². The molecule has 0 saturated carbocycles. The predicted octanol–water partition coefficient (Wildman–Crippen LogP) is 3.51. The van der Waals surface area contributed by atoms with E-state index >= 15 is 0 Å². The fourth-order valence-corrected chi connectivity index (χ4v) is 4.92. The Morgan fingerprint density at radius 1 is 1.00 bits per heavy atom. The second-order valence-electron chi connectivity index (χ2n) is 6.78. The average Bonchev–Trinajstić information content (AvgIpc) is 2.68. The number of aromatic nitrogens is 2. The Bertz CT molecular complexity index is 1020. The Balaban J connectivity index is 1.50. The molecule has 2 aromatic heterocycles. The highest BCUT2D eigenvalue weighted by molar-refractivity contribution is 7.89. The van der Waals surface area contributed by atoms with Crippen LogP contribution in [0.2, 0.25) is 0 Å². The quantitative estimate of drug-likeness (QED) is 0.711. The maximum atomic E-state index is 12.8. The highest BCUT2D eigenvalue weighted by Gasteiger charge is 2.30. The molecular weight excluding hydrogens is 346 g/mol. The van der Waals surface area contributed by atoms with Crippen molar-refractivity contribution < 1.29 is 8.42 Å². The van der Waals surface area contributed by atoms with Crippen molar-refractivity contribution in [2.24, 2.45) is 0 Å². The molecule has 3 heterocycles. The van der Waals surface area contributed by atoms with Crippen LogP contribution in [0.4, 0.5) is 0 Å². The van der Waals surface area contributed by atoms with Gasteiger partial charge in [-0.25, -0.2) is 18.4 Å². The van der Waals surface area contributed by atoms with Crippen molar-refractivity contribution >= 4 is 21.1 Å². The zero-order chi connectivity index (χ0) is 18.1. The lowest BCUT2D eigenvalue weighted by atomic mass is 9.94. The first kappa shape index (κ1) is 17.1. The highest BCUT2D eigenvalue weighted by atomic mass is 32.2. The third-order valence-corrected chi connectivity index (χ3v) is 6.93. The number of rotatable bonds is 3. The van der Waals surface area contributed by atoms with Crippen molar-refractivity contribution in [3.8, 4) is 0 Å². The Kier molecular flexibility index (Phi) is 4.46. The molecule has 1 aliphatic rings. The van der Waals surface area contributed by atoms with Crippen LogP contribution in [0.15, 0.2) is 59.6 Å². The van der Waals surface area contributed by atoms with Gasteiger partial charge >= 0.3 is 0 Å². The minimum atomic E-state index is -3.42. The summed E-state index contributed by atoms with van der Waals surface area (Å²) >= 11 is 0. The van der Waals surface area contributed by atoms with Crippen LogP contribution in [-0.2, 0) is 10.0 Å². The lowest BCUT2D eigenvalue weighted by molar-refractivity contribution is 0.317. The van der Waals surface area contributed by atoms with Crippen LogP contribution in [0.5, 0.6) is 0 Å². The van der Waals surface area contributed by atoms with Gasteiger partial charge in [0, 0.05) is 36.3 Å². The smallest absolute Gasteiger partial charge is 0.237 e. The van der Waals surface area contributed by atoms with Gasteiger partial charge in [-0.2, -0.15) is 4.31 Å². The SMILES string of the molecule is Cc1ccc(S(=O)(=O)N2CCC(c3ccc4cccnc4n3)CC2)cc1. The summed E-state index contributed by atoms with van der Waals surface area (Å²) in [5.41, 5.74) is 2.81. The molecule has 6 heteroatoms. The molecule has 0 bridgehead atoms. The third-order valence-electron chi connectivity index (χ3n) is 5.02. The van der Waals surface area contributed by atoms with E-state index in [0.29, 0.717) is 18.0 Å².